The fraction of sp³-hybridized carbons (Fsp3) is 0.240. The molecule has 0 saturated carbocycles. The van der Waals surface area contributed by atoms with Gasteiger partial charge in [-0.1, -0.05) is 65.8 Å². The van der Waals surface area contributed by atoms with Gasteiger partial charge in [-0.05, 0) is 42.5 Å². The van der Waals surface area contributed by atoms with Crippen LogP contribution in [0.15, 0.2) is 82.0 Å². The van der Waals surface area contributed by atoms with Gasteiger partial charge in [-0.3, -0.25) is 4.79 Å². The molecule has 33 heavy (non-hydrogen) atoms. The maximum atomic E-state index is 12.9. The van der Waals surface area contributed by atoms with Crippen molar-refractivity contribution in [3.63, 3.8) is 0 Å². The molecule has 1 atom stereocenters. The number of nitrogens with zero attached hydrogens (tertiary/aromatic N) is 2. The number of amidine groups is 1. The molecule has 170 valence electrons. The molecule has 2 aliphatic heterocycles. The van der Waals surface area contributed by atoms with Gasteiger partial charge in [0.25, 0.3) is 0 Å². The molecule has 0 aliphatic carbocycles. The van der Waals surface area contributed by atoms with Crippen molar-refractivity contribution in [3.05, 3.63) is 93.1 Å². The number of esters is 1. The molecule has 0 saturated heterocycles. The Morgan fingerprint density at radius 3 is 2.70 bits per heavy atom. The zero-order valence-electron chi connectivity index (χ0n) is 18.4. The number of hydrogen-bond donors (Lipinski definition) is 1. The second kappa shape index (κ2) is 10.3. The fourth-order valence-corrected chi connectivity index (χ4v) is 5.02. The lowest BCUT2D eigenvalue weighted by Gasteiger charge is -2.36. The summed E-state index contributed by atoms with van der Waals surface area (Å²) in [5, 5.41) is 6.17. The summed E-state index contributed by atoms with van der Waals surface area (Å²) in [6, 6.07) is 16.7. The van der Waals surface area contributed by atoms with Crippen LogP contribution in [0.4, 0.5) is 0 Å². The van der Waals surface area contributed by atoms with Gasteiger partial charge in [0, 0.05) is 17.3 Å². The van der Waals surface area contributed by atoms with Crippen molar-refractivity contribution in [3.8, 4) is 0 Å². The first-order chi connectivity index (χ1) is 16.0. The van der Waals surface area contributed by atoms with E-state index >= 15 is 0 Å². The van der Waals surface area contributed by atoms with Crippen molar-refractivity contribution in [2.45, 2.75) is 32.9 Å². The Labute approximate surface area is 202 Å². The summed E-state index contributed by atoms with van der Waals surface area (Å²) < 4.78 is 5.35. The molecule has 8 heteroatoms. The van der Waals surface area contributed by atoms with Gasteiger partial charge in [-0.25, -0.2) is 9.79 Å². The fourth-order valence-electron chi connectivity index (χ4n) is 3.86. The van der Waals surface area contributed by atoms with Gasteiger partial charge in [0.05, 0.1) is 30.3 Å². The SMILES string of the molecule is CCOC(=O)C1=C(C)N=C2SC=C(CC(=O)NCc3ccccc3)N2C1c1cccc(Cl)c1. The molecule has 1 unspecified atom stereocenters. The van der Waals surface area contributed by atoms with Gasteiger partial charge in [-0.15, -0.1) is 0 Å². The standard InChI is InChI=1S/C25H24ClN3O3S/c1-3-32-24(31)22-16(2)28-25-29(23(22)18-10-7-11-19(26)12-18)20(15-33-25)13-21(30)27-14-17-8-5-4-6-9-17/h4-12,15,23H,3,13-14H2,1-2H3,(H,27,30). The van der Waals surface area contributed by atoms with Gasteiger partial charge in [0.2, 0.25) is 5.91 Å². The molecular formula is C25H24ClN3O3S. The van der Waals surface area contributed by atoms with Crippen LogP contribution in [0.5, 0.6) is 0 Å². The highest BCUT2D eigenvalue weighted by Crippen LogP contribution is 2.45. The van der Waals surface area contributed by atoms with Gasteiger partial charge in [0.15, 0.2) is 5.17 Å². The minimum atomic E-state index is -0.488. The van der Waals surface area contributed by atoms with Crippen molar-refractivity contribution < 1.29 is 14.3 Å². The molecule has 1 amide bonds. The molecule has 0 bridgehead atoms. The zero-order chi connectivity index (χ0) is 23.4. The lowest BCUT2D eigenvalue weighted by Crippen LogP contribution is -2.38. The van der Waals surface area contributed by atoms with E-state index in [4.69, 9.17) is 16.3 Å². The average molecular weight is 482 g/mol. The highest BCUT2D eigenvalue weighted by molar-refractivity contribution is 8.16. The van der Waals surface area contributed by atoms with E-state index < -0.39 is 12.0 Å². The van der Waals surface area contributed by atoms with Crippen LogP contribution in [0.3, 0.4) is 0 Å². The zero-order valence-corrected chi connectivity index (χ0v) is 19.9. The summed E-state index contributed by atoms with van der Waals surface area (Å²) in [5.74, 6) is -0.534. The molecular weight excluding hydrogens is 458 g/mol. The summed E-state index contributed by atoms with van der Waals surface area (Å²) in [6.07, 6.45) is 0.158. The number of carbonyl (C=O) groups is 2. The molecule has 2 aliphatic rings. The van der Waals surface area contributed by atoms with Gasteiger partial charge in [-0.2, -0.15) is 0 Å². The van der Waals surface area contributed by atoms with Crippen LogP contribution in [0.1, 0.15) is 37.4 Å². The number of amides is 1. The normalized spacial score (nSPS) is 17.3. The van der Waals surface area contributed by atoms with Crippen LogP contribution in [-0.2, 0) is 20.9 Å². The lowest BCUT2D eigenvalue weighted by molar-refractivity contribution is -0.139. The molecule has 2 aromatic carbocycles. The Hall–Kier alpha value is -3.03. The topological polar surface area (TPSA) is 71.0 Å². The van der Waals surface area contributed by atoms with Gasteiger partial charge in [0.1, 0.15) is 0 Å². The number of benzene rings is 2. The second-order valence-electron chi connectivity index (χ2n) is 7.61. The van der Waals surface area contributed by atoms with Gasteiger partial charge >= 0.3 is 5.97 Å². The maximum Gasteiger partial charge on any atom is 0.338 e. The highest BCUT2D eigenvalue weighted by atomic mass is 35.5. The molecule has 6 nitrogen and oxygen atoms in total. The Morgan fingerprint density at radius 1 is 1.18 bits per heavy atom. The first-order valence-corrected chi connectivity index (χ1v) is 11.9. The number of aliphatic imine (C=N–C) groups is 1. The van der Waals surface area contributed by atoms with Gasteiger partial charge < -0.3 is 15.0 Å². The van der Waals surface area contributed by atoms with E-state index in [0.29, 0.717) is 22.8 Å². The number of carbonyl (C=O) groups excluding carboxylic acids is 2. The van der Waals surface area contributed by atoms with E-state index in [2.05, 4.69) is 10.3 Å². The first kappa shape index (κ1) is 23.1. The summed E-state index contributed by atoms with van der Waals surface area (Å²) >= 11 is 7.73. The molecule has 0 spiro atoms. The Morgan fingerprint density at radius 2 is 1.97 bits per heavy atom. The third kappa shape index (κ3) is 5.15. The van der Waals surface area contributed by atoms with Crippen molar-refractivity contribution in [2.75, 3.05) is 6.61 Å². The third-order valence-corrected chi connectivity index (χ3v) is 6.46. The molecule has 0 fully saturated rings. The van der Waals surface area contributed by atoms with E-state index in [1.54, 1.807) is 19.9 Å². The van der Waals surface area contributed by atoms with Crippen molar-refractivity contribution in [1.29, 1.82) is 0 Å². The van der Waals surface area contributed by atoms with Crippen molar-refractivity contribution >= 4 is 40.4 Å². The summed E-state index contributed by atoms with van der Waals surface area (Å²) in [5.41, 5.74) is 3.67. The largest absolute Gasteiger partial charge is 0.463 e. The Balaban J connectivity index is 1.61. The second-order valence-corrected chi connectivity index (χ2v) is 8.88. The molecule has 4 rings (SSSR count). The first-order valence-electron chi connectivity index (χ1n) is 10.7. The lowest BCUT2D eigenvalue weighted by atomic mass is 9.94. The van der Waals surface area contributed by atoms with E-state index in [-0.39, 0.29) is 18.9 Å². The number of nitrogens with one attached hydrogen (secondary N) is 1. The maximum absolute atomic E-state index is 12.9. The molecule has 0 radical (unpaired) electrons. The molecule has 2 aromatic rings. The minimum absolute atomic E-state index is 0.110. The van der Waals surface area contributed by atoms with Crippen LogP contribution < -0.4 is 5.32 Å². The number of rotatable bonds is 7. The Kier molecular flexibility index (Phi) is 7.20. The smallest absolute Gasteiger partial charge is 0.338 e. The van der Waals surface area contributed by atoms with Crippen LogP contribution in [0.25, 0.3) is 0 Å². The van der Waals surface area contributed by atoms with Crippen molar-refractivity contribution in [2.24, 2.45) is 4.99 Å². The number of fused-ring (bicyclic) bond motifs is 1. The third-order valence-electron chi connectivity index (χ3n) is 5.33. The quantitative estimate of drug-likeness (QED) is 0.551. The number of thioether (sulfide) groups is 1. The van der Waals surface area contributed by atoms with E-state index in [9.17, 15) is 9.59 Å². The van der Waals surface area contributed by atoms with Crippen molar-refractivity contribution in [1.82, 2.24) is 10.2 Å². The molecule has 2 heterocycles. The van der Waals surface area contributed by atoms with Crippen LogP contribution in [-0.4, -0.2) is 28.6 Å². The molecule has 0 aromatic heterocycles. The van der Waals surface area contributed by atoms with E-state index in [1.165, 1.54) is 11.8 Å². The summed E-state index contributed by atoms with van der Waals surface area (Å²) in [6.45, 7) is 4.28. The number of halogens is 1. The minimum Gasteiger partial charge on any atom is -0.463 e. The number of hydrogen-bond acceptors (Lipinski definition) is 6. The number of ether oxygens (including phenoxy) is 1. The summed E-state index contributed by atoms with van der Waals surface area (Å²) in [7, 11) is 0. The van der Waals surface area contributed by atoms with Crippen LogP contribution >= 0.6 is 23.4 Å². The van der Waals surface area contributed by atoms with Crippen LogP contribution in [0.2, 0.25) is 5.02 Å². The predicted octanol–water partition coefficient (Wildman–Crippen LogP) is 5.18. The molecule has 1 N–H and O–H groups in total. The Bertz CT molecular complexity index is 1160. The van der Waals surface area contributed by atoms with E-state index in [0.717, 1.165) is 22.0 Å². The monoisotopic (exact) mass is 481 g/mol. The average Bonchev–Trinajstić information content (AvgIpc) is 3.19. The summed E-state index contributed by atoms with van der Waals surface area (Å²) in [4.78, 5) is 32.3. The predicted molar refractivity (Wildman–Crippen MR) is 131 cm³/mol. The number of allylic oxidation sites excluding steroid dienone is 1. The van der Waals surface area contributed by atoms with Crippen LogP contribution in [0, 0.1) is 0 Å². The highest BCUT2D eigenvalue weighted by Gasteiger charge is 2.41. The van der Waals surface area contributed by atoms with E-state index in [1.807, 2.05) is 58.8 Å².